The minimum Gasteiger partial charge on any atom is -0.386 e. The molecule has 0 aliphatic carbocycles. The predicted molar refractivity (Wildman–Crippen MR) is 91.0 cm³/mol. The van der Waals surface area contributed by atoms with Gasteiger partial charge in [0.1, 0.15) is 11.5 Å². The van der Waals surface area contributed by atoms with Gasteiger partial charge < -0.3 is 11.1 Å². The van der Waals surface area contributed by atoms with E-state index in [4.69, 9.17) is 5.73 Å². The quantitative estimate of drug-likeness (QED) is 0.480. The van der Waals surface area contributed by atoms with Crippen molar-refractivity contribution in [1.82, 2.24) is 4.98 Å². The Labute approximate surface area is 131 Å². The Morgan fingerprint density at radius 3 is 2.59 bits per heavy atom. The molecule has 0 spiro atoms. The number of nitrogens with two attached hydrogens (primary N) is 1. The SMILES string of the molecule is CC=C(C)/C(=N/N=C(C)N)c1ccc(NC(=O)CCC)cn1. The van der Waals surface area contributed by atoms with E-state index in [-0.39, 0.29) is 5.91 Å². The third-order valence-corrected chi connectivity index (χ3v) is 2.88. The van der Waals surface area contributed by atoms with Gasteiger partial charge in [0.25, 0.3) is 0 Å². The second kappa shape index (κ2) is 8.71. The van der Waals surface area contributed by atoms with E-state index in [1.165, 1.54) is 0 Å². The lowest BCUT2D eigenvalue weighted by molar-refractivity contribution is -0.116. The van der Waals surface area contributed by atoms with Crippen LogP contribution in [0.3, 0.4) is 0 Å². The summed E-state index contributed by atoms with van der Waals surface area (Å²) in [4.78, 5) is 15.9. The molecule has 0 aromatic carbocycles. The first-order valence-corrected chi connectivity index (χ1v) is 7.25. The van der Waals surface area contributed by atoms with Crippen LogP contribution < -0.4 is 11.1 Å². The first kappa shape index (κ1) is 17.6. The van der Waals surface area contributed by atoms with Crippen molar-refractivity contribution in [2.45, 2.75) is 40.5 Å². The number of nitrogens with one attached hydrogen (secondary N) is 1. The fraction of sp³-hybridized carbons (Fsp3) is 0.375. The van der Waals surface area contributed by atoms with Crippen LogP contribution in [0.1, 0.15) is 46.2 Å². The lowest BCUT2D eigenvalue weighted by Gasteiger charge is -2.07. The summed E-state index contributed by atoms with van der Waals surface area (Å²) in [7, 11) is 0. The van der Waals surface area contributed by atoms with Crippen molar-refractivity contribution in [3.05, 3.63) is 35.7 Å². The van der Waals surface area contributed by atoms with Crippen molar-refractivity contribution < 1.29 is 4.79 Å². The summed E-state index contributed by atoms with van der Waals surface area (Å²) in [6, 6.07) is 3.60. The maximum atomic E-state index is 11.6. The average Bonchev–Trinajstić information content (AvgIpc) is 2.48. The van der Waals surface area contributed by atoms with Gasteiger partial charge >= 0.3 is 0 Å². The topological polar surface area (TPSA) is 92.7 Å². The Bertz CT molecular complexity index is 595. The molecule has 0 saturated carbocycles. The number of amides is 1. The molecule has 0 atom stereocenters. The molecule has 6 heteroatoms. The molecule has 1 rings (SSSR count). The van der Waals surface area contributed by atoms with Gasteiger partial charge in [0, 0.05) is 6.42 Å². The predicted octanol–water partition coefficient (Wildman–Crippen LogP) is 2.87. The molecular weight excluding hydrogens is 278 g/mol. The van der Waals surface area contributed by atoms with Gasteiger partial charge in [-0.25, -0.2) is 0 Å². The highest BCUT2D eigenvalue weighted by molar-refractivity contribution is 6.11. The van der Waals surface area contributed by atoms with E-state index in [2.05, 4.69) is 20.5 Å². The summed E-state index contributed by atoms with van der Waals surface area (Å²) in [6.45, 7) is 7.48. The molecule has 1 heterocycles. The van der Waals surface area contributed by atoms with Crippen LogP contribution in [-0.2, 0) is 4.79 Å². The number of rotatable bonds is 6. The third kappa shape index (κ3) is 5.47. The fourth-order valence-electron chi connectivity index (χ4n) is 1.66. The summed E-state index contributed by atoms with van der Waals surface area (Å²) in [5.74, 6) is 0.365. The van der Waals surface area contributed by atoms with Crippen LogP contribution >= 0.6 is 0 Å². The zero-order chi connectivity index (χ0) is 16.5. The van der Waals surface area contributed by atoms with Gasteiger partial charge in [0.2, 0.25) is 5.91 Å². The van der Waals surface area contributed by atoms with Crippen molar-refractivity contribution in [1.29, 1.82) is 0 Å². The summed E-state index contributed by atoms with van der Waals surface area (Å²) >= 11 is 0. The smallest absolute Gasteiger partial charge is 0.224 e. The highest BCUT2D eigenvalue weighted by Gasteiger charge is 2.08. The lowest BCUT2D eigenvalue weighted by Crippen LogP contribution is -2.12. The number of carbonyl (C=O) groups excluding carboxylic acids is 1. The first-order chi connectivity index (χ1) is 10.5. The lowest BCUT2D eigenvalue weighted by atomic mass is 10.1. The average molecular weight is 301 g/mol. The molecule has 1 aromatic rings. The molecule has 3 N–H and O–H groups in total. The molecule has 118 valence electrons. The summed E-state index contributed by atoms with van der Waals surface area (Å²) in [6.07, 6.45) is 4.85. The zero-order valence-corrected chi connectivity index (χ0v) is 13.6. The van der Waals surface area contributed by atoms with Gasteiger partial charge in [-0.2, -0.15) is 0 Å². The molecule has 0 aliphatic heterocycles. The van der Waals surface area contributed by atoms with Gasteiger partial charge in [-0.3, -0.25) is 9.78 Å². The van der Waals surface area contributed by atoms with Gasteiger partial charge in [-0.1, -0.05) is 13.0 Å². The number of hydrogen-bond donors (Lipinski definition) is 2. The first-order valence-electron chi connectivity index (χ1n) is 7.25. The number of carbonyl (C=O) groups is 1. The largest absolute Gasteiger partial charge is 0.386 e. The van der Waals surface area contributed by atoms with Crippen molar-refractivity contribution in [2.24, 2.45) is 15.9 Å². The Hall–Kier alpha value is -2.50. The van der Waals surface area contributed by atoms with Crippen molar-refractivity contribution in [2.75, 3.05) is 5.32 Å². The summed E-state index contributed by atoms with van der Waals surface area (Å²) in [5.41, 5.74) is 8.46. The van der Waals surface area contributed by atoms with Crippen LogP contribution in [0.15, 0.2) is 40.2 Å². The summed E-state index contributed by atoms with van der Waals surface area (Å²) < 4.78 is 0. The molecule has 1 amide bonds. The molecule has 0 fully saturated rings. The van der Waals surface area contributed by atoms with E-state index < -0.39 is 0 Å². The second-order valence-electron chi connectivity index (χ2n) is 4.89. The third-order valence-electron chi connectivity index (χ3n) is 2.88. The number of aromatic nitrogens is 1. The highest BCUT2D eigenvalue weighted by Crippen LogP contribution is 2.12. The number of anilines is 1. The van der Waals surface area contributed by atoms with Crippen LogP contribution in [0.25, 0.3) is 0 Å². The maximum absolute atomic E-state index is 11.6. The number of nitrogens with zero attached hydrogens (tertiary/aromatic N) is 3. The van der Waals surface area contributed by atoms with Crippen LogP contribution in [0.4, 0.5) is 5.69 Å². The number of amidine groups is 1. The van der Waals surface area contributed by atoms with Crippen LogP contribution in [-0.4, -0.2) is 22.4 Å². The van der Waals surface area contributed by atoms with Gasteiger partial charge in [0.05, 0.1) is 17.6 Å². The molecule has 0 saturated heterocycles. The minimum atomic E-state index is -0.0149. The molecule has 0 aliphatic rings. The van der Waals surface area contributed by atoms with Crippen LogP contribution in [0.5, 0.6) is 0 Å². The normalized spacial score (nSPS) is 13.2. The maximum Gasteiger partial charge on any atom is 0.224 e. The van der Waals surface area contributed by atoms with Crippen LogP contribution in [0, 0.1) is 0 Å². The van der Waals surface area contributed by atoms with Crippen LogP contribution in [0.2, 0.25) is 0 Å². The minimum absolute atomic E-state index is 0.0149. The molecule has 22 heavy (non-hydrogen) atoms. The van der Waals surface area contributed by atoms with Gasteiger partial charge in [-0.05, 0) is 44.9 Å². The zero-order valence-electron chi connectivity index (χ0n) is 13.6. The second-order valence-corrected chi connectivity index (χ2v) is 4.89. The highest BCUT2D eigenvalue weighted by atomic mass is 16.1. The van der Waals surface area contributed by atoms with E-state index in [0.717, 1.165) is 12.0 Å². The van der Waals surface area contributed by atoms with Crippen molar-refractivity contribution in [3.8, 4) is 0 Å². The van der Waals surface area contributed by atoms with E-state index in [0.29, 0.717) is 29.3 Å². The van der Waals surface area contributed by atoms with E-state index >= 15 is 0 Å². The molecular formula is C16H23N5O. The van der Waals surface area contributed by atoms with E-state index in [9.17, 15) is 4.79 Å². The Kier molecular flexibility index (Phi) is 6.95. The van der Waals surface area contributed by atoms with Gasteiger partial charge in [-0.15, -0.1) is 10.2 Å². The molecule has 6 nitrogen and oxygen atoms in total. The fourth-order valence-corrected chi connectivity index (χ4v) is 1.66. The van der Waals surface area contributed by atoms with E-state index in [1.54, 1.807) is 25.3 Å². The number of pyridine rings is 1. The molecule has 0 bridgehead atoms. The number of allylic oxidation sites excluding steroid dienone is 2. The monoisotopic (exact) mass is 301 g/mol. The molecule has 0 unspecified atom stereocenters. The van der Waals surface area contributed by atoms with E-state index in [1.807, 2.05) is 26.8 Å². The molecule has 1 aromatic heterocycles. The Morgan fingerprint density at radius 1 is 1.36 bits per heavy atom. The van der Waals surface area contributed by atoms with Crippen molar-refractivity contribution in [3.63, 3.8) is 0 Å². The Balaban J connectivity index is 3.01. The Morgan fingerprint density at radius 2 is 2.09 bits per heavy atom. The summed E-state index contributed by atoms with van der Waals surface area (Å²) in [5, 5.41) is 10.8. The molecule has 0 radical (unpaired) electrons. The van der Waals surface area contributed by atoms with Gasteiger partial charge in [0.15, 0.2) is 0 Å². The number of hydrogen-bond acceptors (Lipinski definition) is 4. The van der Waals surface area contributed by atoms with Crippen molar-refractivity contribution >= 4 is 23.1 Å². The standard InChI is InChI=1S/C16H23N5O/c1-5-7-15(22)19-13-8-9-14(18-10-13)16(11(3)6-2)21-20-12(4)17/h6,8-10H,5,7H2,1-4H3,(H2,17,20)(H,19,22)/b11-6?,21-16-.